The summed E-state index contributed by atoms with van der Waals surface area (Å²) in [7, 11) is 0. The molecule has 0 spiro atoms. The molecule has 0 N–H and O–H groups in total. The normalized spacial score (nSPS) is 14.9. The maximum atomic E-state index is 13.0. The molecule has 4 aromatic rings. The van der Waals surface area contributed by atoms with Crippen LogP contribution in [0.2, 0.25) is 10.0 Å². The smallest absolute Gasteiger partial charge is 0.246 e. The Hall–Kier alpha value is -3.59. The maximum Gasteiger partial charge on any atom is 0.246 e. The minimum atomic E-state index is -0.00180. The predicted octanol–water partition coefficient (Wildman–Crippen LogP) is 8.82. The van der Waals surface area contributed by atoms with Gasteiger partial charge in [0.05, 0.1) is 17.8 Å². The first-order chi connectivity index (χ1) is 23.4. The Bertz CT molecular complexity index is 1680. The van der Waals surface area contributed by atoms with Crippen molar-refractivity contribution in [1.82, 2.24) is 14.8 Å². The highest BCUT2D eigenvalue weighted by molar-refractivity contribution is 6.32. The van der Waals surface area contributed by atoms with E-state index in [9.17, 15) is 4.79 Å². The highest BCUT2D eigenvalue weighted by Gasteiger charge is 2.21. The van der Waals surface area contributed by atoms with Crippen LogP contribution in [0.5, 0.6) is 17.4 Å². The third-order valence-corrected chi connectivity index (χ3v) is 9.29. The molecule has 1 saturated heterocycles. The quantitative estimate of drug-likeness (QED) is 0.0958. The van der Waals surface area contributed by atoms with E-state index < -0.39 is 0 Å². The predicted molar refractivity (Wildman–Crippen MR) is 198 cm³/mol. The van der Waals surface area contributed by atoms with Crippen LogP contribution in [0.3, 0.4) is 0 Å². The lowest BCUT2D eigenvalue weighted by Gasteiger charge is -2.34. The monoisotopic (exact) mass is 721 g/mol. The number of halogens is 3. The van der Waals surface area contributed by atoms with Crippen molar-refractivity contribution in [2.24, 2.45) is 5.92 Å². The lowest BCUT2D eigenvalue weighted by molar-refractivity contribution is -0.127. The van der Waals surface area contributed by atoms with Crippen molar-refractivity contribution in [2.75, 3.05) is 39.4 Å². The molecule has 1 aliphatic carbocycles. The summed E-state index contributed by atoms with van der Waals surface area (Å²) >= 11 is 12.8. The molecule has 0 bridgehead atoms. The van der Waals surface area contributed by atoms with Crippen molar-refractivity contribution in [3.05, 3.63) is 123 Å². The van der Waals surface area contributed by atoms with Crippen molar-refractivity contribution in [3.63, 3.8) is 0 Å². The number of hydrogen-bond acceptors (Lipinski definition) is 6. The number of aromatic nitrogens is 1. The molecule has 1 aromatic heterocycles. The number of hydrogen-bond donors (Lipinski definition) is 0. The fourth-order valence-corrected chi connectivity index (χ4v) is 6.07. The van der Waals surface area contributed by atoms with E-state index in [1.807, 2.05) is 42.2 Å². The standard InChI is InChI=1S/C39H41Cl2N3O4.ClH/c1-28-22-32(23-36(41)39(28)48-37-14-13-34(24-42-37)47-27-33-4-2-3-5-35(33)40)12-15-38(45)44-19-17-43(18-20-44)25-30-8-6-29(7-9-30)16-21-46-26-31-10-11-31;/h2-9,12-15,22-24,31H,10-11,16-21,25-27H2,1H3;1H. The number of rotatable bonds is 14. The molecule has 10 heteroatoms. The third kappa shape index (κ3) is 10.9. The van der Waals surface area contributed by atoms with Crippen LogP contribution in [-0.4, -0.2) is 60.1 Å². The summed E-state index contributed by atoms with van der Waals surface area (Å²) in [6.45, 7) is 7.93. The molecule has 0 radical (unpaired) electrons. The van der Waals surface area contributed by atoms with E-state index in [4.69, 9.17) is 37.4 Å². The zero-order valence-electron chi connectivity index (χ0n) is 27.7. The lowest BCUT2D eigenvalue weighted by Crippen LogP contribution is -2.47. The summed E-state index contributed by atoms with van der Waals surface area (Å²) in [5, 5.41) is 1.09. The van der Waals surface area contributed by atoms with Gasteiger partial charge >= 0.3 is 0 Å². The van der Waals surface area contributed by atoms with Crippen molar-refractivity contribution in [2.45, 2.75) is 39.3 Å². The largest absolute Gasteiger partial charge is 0.487 e. The number of ether oxygens (including phenoxy) is 3. The van der Waals surface area contributed by atoms with Crippen LogP contribution in [0, 0.1) is 12.8 Å². The summed E-state index contributed by atoms with van der Waals surface area (Å²) in [4.78, 5) is 21.7. The van der Waals surface area contributed by atoms with Gasteiger partial charge in [0, 0.05) is 62.1 Å². The van der Waals surface area contributed by atoms with Crippen molar-refractivity contribution < 1.29 is 19.0 Å². The van der Waals surface area contributed by atoms with Gasteiger partial charge in [0.1, 0.15) is 12.4 Å². The number of carbonyl (C=O) groups excluding carboxylic acids is 1. The molecule has 0 unspecified atom stereocenters. The number of carbonyl (C=O) groups is 1. The van der Waals surface area contributed by atoms with Gasteiger partial charge < -0.3 is 19.1 Å². The van der Waals surface area contributed by atoms with Crippen LogP contribution in [0.15, 0.2) is 85.1 Å². The van der Waals surface area contributed by atoms with E-state index in [1.54, 1.807) is 36.5 Å². The summed E-state index contributed by atoms with van der Waals surface area (Å²) in [5.74, 6) is 2.31. The number of pyridine rings is 1. The average molecular weight is 723 g/mol. The van der Waals surface area contributed by atoms with Gasteiger partial charge in [-0.1, -0.05) is 65.7 Å². The molecule has 258 valence electrons. The summed E-state index contributed by atoms with van der Waals surface area (Å²) in [5.41, 5.74) is 5.16. The van der Waals surface area contributed by atoms with E-state index in [-0.39, 0.29) is 18.3 Å². The van der Waals surface area contributed by atoms with Crippen LogP contribution in [0.4, 0.5) is 0 Å². The van der Waals surface area contributed by atoms with Crippen molar-refractivity contribution >= 4 is 47.6 Å². The Morgan fingerprint density at radius 3 is 2.39 bits per heavy atom. The Labute approximate surface area is 305 Å². The zero-order valence-corrected chi connectivity index (χ0v) is 30.0. The molecular weight excluding hydrogens is 681 g/mol. The molecule has 1 amide bonds. The van der Waals surface area contributed by atoms with Crippen molar-refractivity contribution in [3.8, 4) is 17.4 Å². The maximum absolute atomic E-state index is 13.0. The molecule has 6 rings (SSSR count). The van der Waals surface area contributed by atoms with Crippen LogP contribution in [0.25, 0.3) is 6.08 Å². The topological polar surface area (TPSA) is 64.1 Å². The number of nitrogens with zero attached hydrogens (tertiary/aromatic N) is 3. The molecule has 1 saturated carbocycles. The lowest BCUT2D eigenvalue weighted by atomic mass is 10.1. The van der Waals surface area contributed by atoms with Gasteiger partial charge in [0.25, 0.3) is 0 Å². The SMILES string of the molecule is Cc1cc(C=CC(=O)N2CCN(Cc3ccc(CCOCC4CC4)cc3)CC2)cc(Cl)c1Oc1ccc(OCc2ccccc2Cl)cn1.Cl. The number of aryl methyl sites for hydroxylation is 1. The number of benzene rings is 3. The number of amides is 1. The molecule has 2 fully saturated rings. The van der Waals surface area contributed by atoms with E-state index >= 15 is 0 Å². The van der Waals surface area contributed by atoms with Crippen LogP contribution >= 0.6 is 35.6 Å². The molecule has 1 aliphatic heterocycles. The third-order valence-electron chi connectivity index (χ3n) is 8.64. The van der Waals surface area contributed by atoms with Crippen LogP contribution in [0.1, 0.15) is 40.7 Å². The molecule has 49 heavy (non-hydrogen) atoms. The Balaban J connectivity index is 0.00000468. The minimum Gasteiger partial charge on any atom is -0.487 e. The second kappa shape index (κ2) is 17.9. The molecule has 7 nitrogen and oxygen atoms in total. The van der Waals surface area contributed by atoms with Gasteiger partial charge in [-0.05, 0) is 84.7 Å². The molecule has 2 aliphatic rings. The molecule has 0 atom stereocenters. The zero-order chi connectivity index (χ0) is 33.3. The van der Waals surface area contributed by atoms with E-state index in [2.05, 4.69) is 34.1 Å². The average Bonchev–Trinajstić information content (AvgIpc) is 3.93. The first-order valence-corrected chi connectivity index (χ1v) is 17.3. The van der Waals surface area contributed by atoms with E-state index in [0.717, 1.165) is 61.9 Å². The highest BCUT2D eigenvalue weighted by atomic mass is 35.5. The Morgan fingerprint density at radius 2 is 1.69 bits per heavy atom. The van der Waals surface area contributed by atoms with E-state index in [0.29, 0.717) is 47.1 Å². The summed E-state index contributed by atoms with van der Waals surface area (Å²) in [6.07, 6.45) is 8.64. The molecule has 3 aromatic carbocycles. The summed E-state index contributed by atoms with van der Waals surface area (Å²) < 4.78 is 17.6. The van der Waals surface area contributed by atoms with Gasteiger partial charge in [-0.15, -0.1) is 12.4 Å². The Morgan fingerprint density at radius 1 is 0.939 bits per heavy atom. The van der Waals surface area contributed by atoms with Gasteiger partial charge in [-0.3, -0.25) is 9.69 Å². The van der Waals surface area contributed by atoms with Gasteiger partial charge in [-0.2, -0.15) is 0 Å². The van der Waals surface area contributed by atoms with Gasteiger partial charge in [-0.25, -0.2) is 4.98 Å². The molecule has 2 heterocycles. The fourth-order valence-electron chi connectivity index (χ4n) is 5.57. The van der Waals surface area contributed by atoms with Crippen LogP contribution < -0.4 is 9.47 Å². The first kappa shape index (κ1) is 36.7. The van der Waals surface area contributed by atoms with E-state index in [1.165, 1.54) is 24.0 Å². The van der Waals surface area contributed by atoms with Gasteiger partial charge in [0.2, 0.25) is 11.8 Å². The second-order valence-electron chi connectivity index (χ2n) is 12.5. The van der Waals surface area contributed by atoms with Crippen molar-refractivity contribution in [1.29, 1.82) is 0 Å². The first-order valence-electron chi connectivity index (χ1n) is 16.5. The highest BCUT2D eigenvalue weighted by Crippen LogP contribution is 2.34. The Kier molecular flexibility index (Phi) is 13.4. The fraction of sp³-hybridized carbons (Fsp3) is 0.333. The molecular formula is C39H42Cl3N3O4. The van der Waals surface area contributed by atoms with Crippen LogP contribution in [-0.2, 0) is 29.1 Å². The summed E-state index contributed by atoms with van der Waals surface area (Å²) in [6, 6.07) is 23.7. The second-order valence-corrected chi connectivity index (χ2v) is 13.3. The minimum absolute atomic E-state index is 0. The van der Waals surface area contributed by atoms with Gasteiger partial charge in [0.15, 0.2) is 5.75 Å². The number of piperazine rings is 1.